The second-order valence-corrected chi connectivity index (χ2v) is 5.70. The number of non-ortho nitro benzene ring substituents is 1. The molecule has 1 rings (SSSR count). The Balaban J connectivity index is 3.00. The Hall–Kier alpha value is -1.73. The van der Waals surface area contributed by atoms with Gasteiger partial charge in [-0.25, -0.2) is 13.1 Å². The molecule has 7 heteroatoms. The molecule has 0 radical (unpaired) electrons. The van der Waals surface area contributed by atoms with E-state index in [2.05, 4.69) is 4.72 Å². The van der Waals surface area contributed by atoms with Gasteiger partial charge in [0.15, 0.2) is 0 Å². The van der Waals surface area contributed by atoms with Gasteiger partial charge >= 0.3 is 0 Å². The molecule has 0 heterocycles. The van der Waals surface area contributed by atoms with Crippen LogP contribution in [0.1, 0.15) is 18.9 Å². The lowest BCUT2D eigenvalue weighted by Gasteiger charge is -2.08. The van der Waals surface area contributed by atoms with Crippen LogP contribution >= 0.6 is 0 Å². The molecule has 1 N–H and O–H groups in total. The predicted molar refractivity (Wildman–Crippen MR) is 72.5 cm³/mol. The number of nitrogens with one attached hydrogen (secondary N) is 1. The van der Waals surface area contributed by atoms with Crippen molar-refractivity contribution in [1.82, 2.24) is 4.72 Å². The summed E-state index contributed by atoms with van der Waals surface area (Å²) in [6.07, 6.45) is 4.24. The van der Waals surface area contributed by atoms with E-state index in [1.54, 1.807) is 6.92 Å². The summed E-state index contributed by atoms with van der Waals surface area (Å²) in [5.74, 6) is 0. The van der Waals surface area contributed by atoms with Gasteiger partial charge in [0.25, 0.3) is 5.69 Å². The maximum Gasteiger partial charge on any atom is 0.270 e. The molecule has 104 valence electrons. The summed E-state index contributed by atoms with van der Waals surface area (Å²) in [6, 6.07) is 3.79. The number of nitro benzene ring substituents is 1. The number of sulfonamides is 1. The lowest BCUT2D eigenvalue weighted by molar-refractivity contribution is -0.385. The molecule has 0 amide bonds. The van der Waals surface area contributed by atoms with Crippen LogP contribution in [0.25, 0.3) is 0 Å². The molecular formula is C12H16N2O4S. The van der Waals surface area contributed by atoms with Crippen LogP contribution in [0.4, 0.5) is 5.69 Å². The van der Waals surface area contributed by atoms with Crippen LogP contribution in [0.5, 0.6) is 0 Å². The maximum atomic E-state index is 12.0. The van der Waals surface area contributed by atoms with Gasteiger partial charge in [-0.15, -0.1) is 0 Å². The van der Waals surface area contributed by atoms with E-state index in [9.17, 15) is 18.5 Å². The SMILES string of the molecule is C/C=C/CCNS(=O)(=O)c1cc([N+](=O)[O-])ccc1C. The molecule has 0 unspecified atom stereocenters. The number of allylic oxidation sites excluding steroid dienone is 1. The highest BCUT2D eigenvalue weighted by molar-refractivity contribution is 7.89. The predicted octanol–water partition coefficient (Wildman–Crippen LogP) is 2.15. The van der Waals surface area contributed by atoms with Gasteiger partial charge in [0.2, 0.25) is 10.0 Å². The van der Waals surface area contributed by atoms with Crippen molar-refractivity contribution < 1.29 is 13.3 Å². The number of nitro groups is 1. The average Bonchev–Trinajstić information content (AvgIpc) is 2.34. The number of rotatable bonds is 6. The van der Waals surface area contributed by atoms with Crippen molar-refractivity contribution in [2.75, 3.05) is 6.54 Å². The van der Waals surface area contributed by atoms with Crippen molar-refractivity contribution >= 4 is 15.7 Å². The minimum absolute atomic E-state index is 0.0535. The van der Waals surface area contributed by atoms with Crippen LogP contribution in [0.2, 0.25) is 0 Å². The summed E-state index contributed by atoms with van der Waals surface area (Å²) >= 11 is 0. The molecule has 0 atom stereocenters. The quantitative estimate of drug-likeness (QED) is 0.375. The minimum atomic E-state index is -3.72. The van der Waals surface area contributed by atoms with Gasteiger partial charge in [-0.1, -0.05) is 18.2 Å². The van der Waals surface area contributed by atoms with Crippen molar-refractivity contribution in [3.63, 3.8) is 0 Å². The lowest BCUT2D eigenvalue weighted by Crippen LogP contribution is -2.25. The first-order valence-electron chi connectivity index (χ1n) is 5.74. The van der Waals surface area contributed by atoms with Gasteiger partial charge in [0, 0.05) is 18.7 Å². The first-order chi connectivity index (χ1) is 8.88. The number of nitrogens with zero attached hydrogens (tertiary/aromatic N) is 1. The monoisotopic (exact) mass is 284 g/mol. The molecule has 0 aliphatic carbocycles. The van der Waals surface area contributed by atoms with Crippen LogP contribution in [-0.4, -0.2) is 19.9 Å². The van der Waals surface area contributed by atoms with Crippen molar-refractivity contribution in [2.24, 2.45) is 0 Å². The fourth-order valence-corrected chi connectivity index (χ4v) is 2.82. The molecule has 0 fully saturated rings. The third-order valence-corrected chi connectivity index (χ3v) is 4.11. The van der Waals surface area contributed by atoms with E-state index < -0.39 is 14.9 Å². The van der Waals surface area contributed by atoms with Gasteiger partial charge in [-0.2, -0.15) is 0 Å². The highest BCUT2D eigenvalue weighted by Crippen LogP contribution is 2.21. The molecule has 1 aromatic rings. The van der Waals surface area contributed by atoms with Crippen LogP contribution in [0.15, 0.2) is 35.2 Å². The van der Waals surface area contributed by atoms with E-state index in [-0.39, 0.29) is 17.1 Å². The fourth-order valence-electron chi connectivity index (χ4n) is 1.51. The molecule has 0 saturated carbocycles. The Morgan fingerprint density at radius 2 is 2.11 bits per heavy atom. The maximum absolute atomic E-state index is 12.0. The summed E-state index contributed by atoms with van der Waals surface area (Å²) in [7, 11) is -3.72. The van der Waals surface area contributed by atoms with Gasteiger partial charge in [0.05, 0.1) is 9.82 Å². The zero-order valence-corrected chi connectivity index (χ0v) is 11.6. The Morgan fingerprint density at radius 1 is 1.42 bits per heavy atom. The molecule has 0 aromatic heterocycles. The van der Waals surface area contributed by atoms with E-state index in [1.807, 2.05) is 19.1 Å². The fraction of sp³-hybridized carbons (Fsp3) is 0.333. The lowest BCUT2D eigenvalue weighted by atomic mass is 10.2. The third-order valence-electron chi connectivity index (χ3n) is 2.51. The summed E-state index contributed by atoms with van der Waals surface area (Å²) in [5, 5.41) is 10.7. The van der Waals surface area contributed by atoms with Crippen molar-refractivity contribution in [3.8, 4) is 0 Å². The minimum Gasteiger partial charge on any atom is -0.258 e. The largest absolute Gasteiger partial charge is 0.270 e. The average molecular weight is 284 g/mol. The highest BCUT2D eigenvalue weighted by Gasteiger charge is 2.19. The Kier molecular flexibility index (Phi) is 5.20. The van der Waals surface area contributed by atoms with Crippen LogP contribution in [0, 0.1) is 17.0 Å². The number of hydrogen-bond donors (Lipinski definition) is 1. The van der Waals surface area contributed by atoms with Gasteiger partial charge in [-0.05, 0) is 25.8 Å². The van der Waals surface area contributed by atoms with E-state index in [4.69, 9.17) is 0 Å². The molecule has 0 aliphatic rings. The smallest absolute Gasteiger partial charge is 0.258 e. The topological polar surface area (TPSA) is 89.3 Å². The number of hydrogen-bond acceptors (Lipinski definition) is 4. The Bertz CT molecular complexity index is 594. The zero-order chi connectivity index (χ0) is 14.5. The first kappa shape index (κ1) is 15.3. The van der Waals surface area contributed by atoms with E-state index >= 15 is 0 Å². The van der Waals surface area contributed by atoms with Crippen LogP contribution in [-0.2, 0) is 10.0 Å². The molecule has 0 bridgehead atoms. The number of aryl methyl sites for hydroxylation is 1. The highest BCUT2D eigenvalue weighted by atomic mass is 32.2. The van der Waals surface area contributed by atoms with E-state index in [0.29, 0.717) is 12.0 Å². The van der Waals surface area contributed by atoms with Crippen molar-refractivity contribution in [3.05, 3.63) is 46.0 Å². The summed E-state index contributed by atoms with van der Waals surface area (Å²) < 4.78 is 26.5. The molecule has 0 spiro atoms. The summed E-state index contributed by atoms with van der Waals surface area (Å²) in [5.41, 5.74) is 0.239. The zero-order valence-electron chi connectivity index (χ0n) is 10.8. The van der Waals surface area contributed by atoms with Crippen LogP contribution in [0.3, 0.4) is 0 Å². The summed E-state index contributed by atoms with van der Waals surface area (Å²) in [4.78, 5) is 10.0. The van der Waals surface area contributed by atoms with E-state index in [0.717, 1.165) is 6.07 Å². The van der Waals surface area contributed by atoms with Gasteiger partial charge < -0.3 is 0 Å². The molecule has 0 saturated heterocycles. The molecular weight excluding hydrogens is 268 g/mol. The Morgan fingerprint density at radius 3 is 2.68 bits per heavy atom. The van der Waals surface area contributed by atoms with Gasteiger partial charge in [-0.3, -0.25) is 10.1 Å². The standard InChI is InChI=1S/C12H16N2O4S/c1-3-4-5-8-13-19(17,18)12-9-11(14(15)16)7-6-10(12)2/h3-4,6-7,9,13H,5,8H2,1-2H3/b4-3+. The van der Waals surface area contributed by atoms with Crippen molar-refractivity contribution in [1.29, 1.82) is 0 Å². The van der Waals surface area contributed by atoms with Crippen LogP contribution < -0.4 is 4.72 Å². The summed E-state index contributed by atoms with van der Waals surface area (Å²) in [6.45, 7) is 3.71. The number of benzene rings is 1. The van der Waals surface area contributed by atoms with E-state index in [1.165, 1.54) is 12.1 Å². The van der Waals surface area contributed by atoms with Gasteiger partial charge in [0.1, 0.15) is 0 Å². The molecule has 0 aliphatic heterocycles. The molecule has 19 heavy (non-hydrogen) atoms. The third kappa shape index (κ3) is 4.15. The normalized spacial score (nSPS) is 11.9. The Labute approximate surface area is 112 Å². The second-order valence-electron chi connectivity index (χ2n) is 3.96. The first-order valence-corrected chi connectivity index (χ1v) is 7.22. The molecule has 6 nitrogen and oxygen atoms in total. The molecule has 1 aromatic carbocycles. The second kappa shape index (κ2) is 6.44. The van der Waals surface area contributed by atoms with Crippen molar-refractivity contribution in [2.45, 2.75) is 25.2 Å².